The molecule has 1 aromatic carbocycles. The molecule has 3 N–H and O–H groups in total. The van der Waals surface area contributed by atoms with Crippen molar-refractivity contribution in [3.8, 4) is 0 Å². The number of aliphatic hydroxyl groups is 1. The number of rotatable bonds is 9. The van der Waals surface area contributed by atoms with E-state index in [-0.39, 0.29) is 55.4 Å². The van der Waals surface area contributed by atoms with Gasteiger partial charge in [-0.05, 0) is 43.1 Å². The average molecular weight is 517 g/mol. The number of allylic oxidation sites excluding steroid dienone is 2. The van der Waals surface area contributed by atoms with Crippen molar-refractivity contribution in [2.45, 2.75) is 65.3 Å². The summed E-state index contributed by atoms with van der Waals surface area (Å²) >= 11 is 0. The second-order valence-electron chi connectivity index (χ2n) is 10.7. The van der Waals surface area contributed by atoms with Gasteiger partial charge in [-0.25, -0.2) is 0 Å². The van der Waals surface area contributed by atoms with Crippen LogP contribution in [0.4, 0.5) is 0 Å². The van der Waals surface area contributed by atoms with Crippen LogP contribution in [0.5, 0.6) is 0 Å². The monoisotopic (exact) mass is 516 g/mol. The van der Waals surface area contributed by atoms with Crippen molar-refractivity contribution in [3.05, 3.63) is 48.0 Å². The number of nitrogens with one attached hydrogen (secondary N) is 2. The van der Waals surface area contributed by atoms with Gasteiger partial charge in [-0.15, -0.1) is 0 Å². The molecule has 8 heteroatoms. The van der Waals surface area contributed by atoms with E-state index in [1.165, 1.54) is 0 Å². The van der Waals surface area contributed by atoms with Crippen molar-refractivity contribution in [3.63, 3.8) is 0 Å². The minimum absolute atomic E-state index is 0.0476. The molecule has 1 aromatic rings. The molecule has 2 rings (SSSR count). The first-order chi connectivity index (χ1) is 17.7. The lowest BCUT2D eigenvalue weighted by atomic mass is 9.86. The molecule has 206 valence electrons. The molecule has 0 fully saturated rings. The predicted molar refractivity (Wildman–Crippen MR) is 143 cm³/mol. The molecule has 0 unspecified atom stereocenters. The highest BCUT2D eigenvalue weighted by Gasteiger charge is 2.32. The zero-order valence-corrected chi connectivity index (χ0v) is 22.5. The second kappa shape index (κ2) is 16.2. The first-order valence-corrected chi connectivity index (χ1v) is 13.3. The molecule has 0 bridgehead atoms. The number of esters is 1. The fourth-order valence-corrected chi connectivity index (χ4v) is 4.15. The van der Waals surface area contributed by atoms with Gasteiger partial charge in [0, 0.05) is 13.0 Å². The van der Waals surface area contributed by atoms with Gasteiger partial charge < -0.3 is 25.2 Å². The van der Waals surface area contributed by atoms with E-state index >= 15 is 0 Å². The molecule has 8 nitrogen and oxygen atoms in total. The van der Waals surface area contributed by atoms with E-state index in [2.05, 4.69) is 10.6 Å². The Morgan fingerprint density at radius 1 is 1.14 bits per heavy atom. The van der Waals surface area contributed by atoms with Gasteiger partial charge >= 0.3 is 5.97 Å². The van der Waals surface area contributed by atoms with E-state index in [0.717, 1.165) is 24.8 Å². The first kappa shape index (κ1) is 30.5. The number of ether oxygens (including phenoxy) is 2. The van der Waals surface area contributed by atoms with Crippen LogP contribution in [0.25, 0.3) is 0 Å². The summed E-state index contributed by atoms with van der Waals surface area (Å²) in [5.74, 6) is -1.49. The molecule has 1 heterocycles. The largest absolute Gasteiger partial charge is 0.463 e. The van der Waals surface area contributed by atoms with Gasteiger partial charge in [0.1, 0.15) is 6.61 Å². The second-order valence-corrected chi connectivity index (χ2v) is 10.7. The zero-order chi connectivity index (χ0) is 27.1. The molecular weight excluding hydrogens is 472 g/mol. The van der Waals surface area contributed by atoms with Crippen LogP contribution in [0.1, 0.15) is 58.4 Å². The molecule has 0 saturated heterocycles. The van der Waals surface area contributed by atoms with Gasteiger partial charge in [-0.3, -0.25) is 14.4 Å². The normalized spacial score (nSPS) is 22.0. The number of benzene rings is 1. The Labute approximate surface area is 221 Å². The molecule has 37 heavy (non-hydrogen) atoms. The lowest BCUT2D eigenvalue weighted by Crippen LogP contribution is -2.49. The molecule has 1 aliphatic heterocycles. The Morgan fingerprint density at radius 3 is 2.59 bits per heavy atom. The molecule has 0 aromatic heterocycles. The van der Waals surface area contributed by atoms with Crippen LogP contribution in [-0.4, -0.2) is 61.9 Å². The molecule has 0 radical (unpaired) electrons. The van der Waals surface area contributed by atoms with Crippen molar-refractivity contribution in [2.75, 3.05) is 33.0 Å². The third-order valence-corrected chi connectivity index (χ3v) is 6.53. The lowest BCUT2D eigenvalue weighted by Gasteiger charge is -2.33. The Bertz CT molecular complexity index is 865. The van der Waals surface area contributed by atoms with E-state index in [0.29, 0.717) is 26.0 Å². The summed E-state index contributed by atoms with van der Waals surface area (Å²) in [7, 11) is 0. The molecule has 3 atom stereocenters. The number of carbonyl (C=O) groups is 3. The topological polar surface area (TPSA) is 114 Å². The summed E-state index contributed by atoms with van der Waals surface area (Å²) < 4.78 is 10.9. The van der Waals surface area contributed by atoms with Crippen LogP contribution < -0.4 is 10.6 Å². The van der Waals surface area contributed by atoms with Crippen LogP contribution in [0.3, 0.4) is 0 Å². The number of hydrogen-bond acceptors (Lipinski definition) is 6. The number of aliphatic hydroxyl groups excluding tert-OH is 1. The summed E-state index contributed by atoms with van der Waals surface area (Å²) in [6.45, 7) is 6.81. The third kappa shape index (κ3) is 11.9. The molecular formula is C29H44N2O6. The highest BCUT2D eigenvalue weighted by Crippen LogP contribution is 2.24. The number of hydrogen-bond donors (Lipinski definition) is 3. The molecule has 2 amide bonds. The van der Waals surface area contributed by atoms with Crippen molar-refractivity contribution in [2.24, 2.45) is 17.3 Å². The van der Waals surface area contributed by atoms with E-state index in [1.54, 1.807) is 0 Å². The van der Waals surface area contributed by atoms with E-state index in [9.17, 15) is 14.4 Å². The van der Waals surface area contributed by atoms with Gasteiger partial charge in [0.2, 0.25) is 11.8 Å². The smallest absolute Gasteiger partial charge is 0.309 e. The predicted octanol–water partition coefficient (Wildman–Crippen LogP) is 3.18. The maximum Gasteiger partial charge on any atom is 0.309 e. The number of cyclic esters (lactones) is 1. The zero-order valence-electron chi connectivity index (χ0n) is 22.5. The quantitative estimate of drug-likeness (QED) is 0.264. The van der Waals surface area contributed by atoms with Gasteiger partial charge in [0.25, 0.3) is 0 Å². The first-order valence-electron chi connectivity index (χ1n) is 13.3. The Balaban J connectivity index is 2.09. The van der Waals surface area contributed by atoms with Crippen LogP contribution in [0.2, 0.25) is 0 Å². The standard InChI is InChI=1S/C29H44N2O6/c1-29(2,3)25-21-37-28(35)24(19-22-11-7-6-8-12-22)14-10-5-4-9-13-23(27(34)31-25)20-26(33)30-15-17-36-18-16-32/h4,6-9,11-12,23-25,32H,5,10,13-21H2,1-3H3,(H,30,33)(H,31,34)/t23-,24-,25-/m1/s1. The number of carbonyl (C=O) groups excluding carboxylic acids is 3. The summed E-state index contributed by atoms with van der Waals surface area (Å²) in [5, 5.41) is 14.6. The van der Waals surface area contributed by atoms with Gasteiger partial charge in [-0.1, -0.05) is 63.3 Å². The van der Waals surface area contributed by atoms with Crippen LogP contribution >= 0.6 is 0 Å². The van der Waals surface area contributed by atoms with Crippen LogP contribution in [-0.2, 0) is 30.3 Å². The Morgan fingerprint density at radius 2 is 1.89 bits per heavy atom. The van der Waals surface area contributed by atoms with Crippen molar-refractivity contribution in [1.29, 1.82) is 0 Å². The fraction of sp³-hybridized carbons (Fsp3) is 0.621. The maximum absolute atomic E-state index is 13.3. The summed E-state index contributed by atoms with van der Waals surface area (Å²) in [6, 6.07) is 9.55. The minimum atomic E-state index is -0.538. The SMILES string of the molecule is CC(C)(C)[C@H]1COC(=O)[C@@H](Cc2ccccc2)CCCC=CC[C@H](CC(=O)NCCOCCO)C(=O)N1. The van der Waals surface area contributed by atoms with E-state index < -0.39 is 12.0 Å². The van der Waals surface area contributed by atoms with Crippen LogP contribution in [0.15, 0.2) is 42.5 Å². The Hall–Kier alpha value is -2.71. The average Bonchev–Trinajstić information content (AvgIpc) is 2.86. The van der Waals surface area contributed by atoms with Crippen molar-refractivity contribution >= 4 is 17.8 Å². The maximum atomic E-state index is 13.3. The van der Waals surface area contributed by atoms with E-state index in [4.69, 9.17) is 14.6 Å². The summed E-state index contributed by atoms with van der Waals surface area (Å²) in [6.07, 6.45) is 7.44. The molecule has 1 aliphatic rings. The van der Waals surface area contributed by atoms with Crippen molar-refractivity contribution in [1.82, 2.24) is 10.6 Å². The van der Waals surface area contributed by atoms with Crippen LogP contribution in [0, 0.1) is 17.3 Å². The Kier molecular flexibility index (Phi) is 13.4. The number of amides is 2. The molecule has 0 saturated carbocycles. The summed E-state index contributed by atoms with van der Waals surface area (Å²) in [4.78, 5) is 38.8. The lowest BCUT2D eigenvalue weighted by molar-refractivity contribution is -0.151. The van der Waals surface area contributed by atoms with Gasteiger partial charge in [0.15, 0.2) is 0 Å². The third-order valence-electron chi connectivity index (χ3n) is 6.53. The minimum Gasteiger partial charge on any atom is -0.463 e. The van der Waals surface area contributed by atoms with Gasteiger partial charge in [0.05, 0.1) is 37.7 Å². The summed E-state index contributed by atoms with van der Waals surface area (Å²) in [5.41, 5.74) is 0.747. The molecule has 0 spiro atoms. The highest BCUT2D eigenvalue weighted by molar-refractivity contribution is 5.86. The fourth-order valence-electron chi connectivity index (χ4n) is 4.15. The van der Waals surface area contributed by atoms with E-state index in [1.807, 2.05) is 63.3 Å². The van der Waals surface area contributed by atoms with Gasteiger partial charge in [-0.2, -0.15) is 0 Å². The van der Waals surface area contributed by atoms with Crippen molar-refractivity contribution < 1.29 is 29.0 Å². The molecule has 0 aliphatic carbocycles. The highest BCUT2D eigenvalue weighted by atomic mass is 16.5.